The highest BCUT2D eigenvalue weighted by atomic mass is 32.2. The van der Waals surface area contributed by atoms with Crippen LogP contribution in [0.25, 0.3) is 0 Å². The van der Waals surface area contributed by atoms with E-state index in [1.165, 1.54) is 11.3 Å². The maximum atomic E-state index is 10.9. The van der Waals surface area contributed by atoms with Gasteiger partial charge in [0.25, 0.3) is 0 Å². The van der Waals surface area contributed by atoms with E-state index in [0.29, 0.717) is 5.25 Å². The first-order valence-electron chi connectivity index (χ1n) is 7.14. The van der Waals surface area contributed by atoms with E-state index in [0.717, 1.165) is 29.1 Å². The monoisotopic (exact) mass is 312 g/mol. The van der Waals surface area contributed by atoms with Gasteiger partial charge in [0.15, 0.2) is 0 Å². The Morgan fingerprint density at radius 2 is 2.00 bits per heavy atom. The molecule has 20 heavy (non-hydrogen) atoms. The maximum absolute atomic E-state index is 10.9. The number of ether oxygens (including phenoxy) is 1. The maximum Gasteiger partial charge on any atom is 0.125 e. The molecule has 0 spiro atoms. The first-order valence-corrected chi connectivity index (χ1v) is 9.24. The number of aryl methyl sites for hydroxylation is 2. The fourth-order valence-corrected chi connectivity index (χ4v) is 6.00. The third kappa shape index (κ3) is 3.29. The van der Waals surface area contributed by atoms with Gasteiger partial charge < -0.3 is 9.84 Å². The van der Waals surface area contributed by atoms with E-state index in [9.17, 15) is 5.11 Å². The molecule has 2 nitrogen and oxygen atoms in total. The third-order valence-corrected chi connectivity index (χ3v) is 7.15. The zero-order valence-electron chi connectivity index (χ0n) is 12.7. The Morgan fingerprint density at radius 1 is 1.30 bits per heavy atom. The van der Waals surface area contributed by atoms with Crippen molar-refractivity contribution in [2.75, 3.05) is 18.6 Å². The van der Waals surface area contributed by atoms with Crippen LogP contribution in [0.1, 0.15) is 36.1 Å². The lowest BCUT2D eigenvalue weighted by atomic mass is 9.96. The minimum atomic E-state index is -0.451. The molecule has 1 saturated heterocycles. The summed E-state index contributed by atoms with van der Waals surface area (Å²) in [6, 6.07) is 4.15. The van der Waals surface area contributed by atoms with Gasteiger partial charge in [0.1, 0.15) is 5.75 Å². The van der Waals surface area contributed by atoms with Crippen molar-refractivity contribution in [3.63, 3.8) is 0 Å². The van der Waals surface area contributed by atoms with Gasteiger partial charge in [-0.15, -0.1) is 0 Å². The zero-order valence-corrected chi connectivity index (χ0v) is 14.3. The number of rotatable bonds is 4. The van der Waals surface area contributed by atoms with Gasteiger partial charge in [-0.3, -0.25) is 0 Å². The molecule has 0 aliphatic carbocycles. The van der Waals surface area contributed by atoms with Crippen LogP contribution in [0.5, 0.6) is 5.75 Å². The predicted octanol–water partition coefficient (Wildman–Crippen LogP) is 3.97. The summed E-state index contributed by atoms with van der Waals surface area (Å²) in [7, 11) is 1.69. The van der Waals surface area contributed by atoms with E-state index in [1.54, 1.807) is 7.11 Å². The Labute approximate surface area is 130 Å². The van der Waals surface area contributed by atoms with E-state index in [1.807, 2.05) is 29.6 Å². The molecule has 0 radical (unpaired) electrons. The lowest BCUT2D eigenvalue weighted by Crippen LogP contribution is -2.31. The summed E-state index contributed by atoms with van der Waals surface area (Å²) in [5, 5.41) is 11.7. The highest BCUT2D eigenvalue weighted by Gasteiger charge is 2.34. The molecule has 1 fully saturated rings. The van der Waals surface area contributed by atoms with Gasteiger partial charge in [0, 0.05) is 27.6 Å². The number of aliphatic hydroxyl groups excluding tert-OH is 1. The molecule has 3 unspecified atom stereocenters. The van der Waals surface area contributed by atoms with Crippen molar-refractivity contribution < 1.29 is 9.84 Å². The Hall–Kier alpha value is -0.320. The highest BCUT2D eigenvalue weighted by molar-refractivity contribution is 8.07. The number of thioether (sulfide) groups is 2. The molecule has 1 aliphatic heterocycles. The number of benzene rings is 1. The molecule has 1 aromatic carbocycles. The molecule has 2 rings (SSSR count). The van der Waals surface area contributed by atoms with Crippen LogP contribution in [0, 0.1) is 13.8 Å². The van der Waals surface area contributed by atoms with Gasteiger partial charge in [-0.25, -0.2) is 0 Å². The van der Waals surface area contributed by atoms with Crippen molar-refractivity contribution in [1.29, 1.82) is 0 Å². The second-order valence-corrected chi connectivity index (χ2v) is 7.93. The van der Waals surface area contributed by atoms with Gasteiger partial charge >= 0.3 is 0 Å². The van der Waals surface area contributed by atoms with Crippen LogP contribution < -0.4 is 4.74 Å². The van der Waals surface area contributed by atoms with Crippen LogP contribution in [0.15, 0.2) is 12.1 Å². The molecular formula is C16H24O2S2. The van der Waals surface area contributed by atoms with Crippen LogP contribution in [0.4, 0.5) is 0 Å². The average molecular weight is 313 g/mol. The second-order valence-electron chi connectivity index (χ2n) is 5.30. The molecule has 0 saturated carbocycles. The van der Waals surface area contributed by atoms with Crippen LogP contribution >= 0.6 is 23.5 Å². The summed E-state index contributed by atoms with van der Waals surface area (Å²) in [5.74, 6) is 3.13. The Morgan fingerprint density at radius 3 is 2.65 bits per heavy atom. The van der Waals surface area contributed by atoms with Gasteiger partial charge in [-0.2, -0.15) is 23.5 Å². The zero-order chi connectivity index (χ0) is 14.7. The Kier molecular flexibility index (Phi) is 5.70. The van der Waals surface area contributed by atoms with Crippen molar-refractivity contribution in [1.82, 2.24) is 0 Å². The molecule has 1 aliphatic rings. The Balaban J connectivity index is 2.34. The van der Waals surface area contributed by atoms with Gasteiger partial charge in [-0.1, -0.05) is 13.0 Å². The number of hydrogen-bond acceptors (Lipinski definition) is 4. The van der Waals surface area contributed by atoms with E-state index >= 15 is 0 Å². The van der Waals surface area contributed by atoms with Gasteiger partial charge in [-0.05, 0) is 37.5 Å². The van der Waals surface area contributed by atoms with Crippen LogP contribution in [0.3, 0.4) is 0 Å². The normalized spacial score (nSPS) is 24.4. The van der Waals surface area contributed by atoms with Gasteiger partial charge in [0.2, 0.25) is 0 Å². The standard InChI is InChI=1S/C16H24O2S2/c1-5-13-16(20-7-6-19-13)15(17)14-11(3)8-10(2)9-12(14)18-4/h8-9,13,15-17H,5-7H2,1-4H3. The lowest BCUT2D eigenvalue weighted by molar-refractivity contribution is 0.167. The van der Waals surface area contributed by atoms with Crippen LogP contribution in [-0.2, 0) is 0 Å². The predicted molar refractivity (Wildman–Crippen MR) is 90.2 cm³/mol. The molecule has 112 valence electrons. The third-order valence-electron chi connectivity index (χ3n) is 3.81. The van der Waals surface area contributed by atoms with Crippen molar-refractivity contribution in [2.24, 2.45) is 0 Å². The molecule has 1 aromatic rings. The van der Waals surface area contributed by atoms with Crippen LogP contribution in [0.2, 0.25) is 0 Å². The SMILES string of the molecule is CCC1SCCSC1C(O)c1c(C)cc(C)cc1OC. The van der Waals surface area contributed by atoms with Gasteiger partial charge in [0.05, 0.1) is 13.2 Å². The molecule has 1 N–H and O–H groups in total. The van der Waals surface area contributed by atoms with E-state index in [-0.39, 0.29) is 5.25 Å². The summed E-state index contributed by atoms with van der Waals surface area (Å²) in [6.07, 6.45) is 0.653. The topological polar surface area (TPSA) is 29.5 Å². The van der Waals surface area contributed by atoms with Crippen molar-refractivity contribution in [3.05, 3.63) is 28.8 Å². The van der Waals surface area contributed by atoms with Crippen molar-refractivity contribution >= 4 is 23.5 Å². The molecule has 4 heteroatoms. The minimum absolute atomic E-state index is 0.258. The second kappa shape index (κ2) is 7.10. The molecule has 0 aromatic heterocycles. The first-order chi connectivity index (χ1) is 9.58. The summed E-state index contributed by atoms with van der Waals surface area (Å²) in [4.78, 5) is 0. The molecule has 0 amide bonds. The quantitative estimate of drug-likeness (QED) is 0.911. The smallest absolute Gasteiger partial charge is 0.125 e. The molecule has 3 atom stereocenters. The molecule has 0 bridgehead atoms. The van der Waals surface area contributed by atoms with E-state index in [2.05, 4.69) is 26.8 Å². The lowest BCUT2D eigenvalue weighted by Gasteiger charge is -2.34. The minimum Gasteiger partial charge on any atom is -0.496 e. The van der Waals surface area contributed by atoms with Crippen molar-refractivity contribution in [3.8, 4) is 5.75 Å². The van der Waals surface area contributed by atoms with Crippen LogP contribution in [-0.4, -0.2) is 34.2 Å². The van der Waals surface area contributed by atoms with E-state index in [4.69, 9.17) is 4.74 Å². The summed E-state index contributed by atoms with van der Waals surface area (Å²) < 4.78 is 5.51. The largest absolute Gasteiger partial charge is 0.496 e. The first kappa shape index (κ1) is 16.1. The summed E-state index contributed by atoms with van der Waals surface area (Å²) in [5.41, 5.74) is 3.27. The number of hydrogen-bond donors (Lipinski definition) is 1. The molecule has 1 heterocycles. The molecular weight excluding hydrogens is 288 g/mol. The number of aliphatic hydroxyl groups is 1. The summed E-state index contributed by atoms with van der Waals surface area (Å²) in [6.45, 7) is 6.34. The number of methoxy groups -OCH3 is 1. The fourth-order valence-electron chi connectivity index (χ4n) is 2.88. The van der Waals surface area contributed by atoms with Crippen molar-refractivity contribution in [2.45, 2.75) is 43.8 Å². The average Bonchev–Trinajstić information content (AvgIpc) is 2.45. The highest BCUT2D eigenvalue weighted by Crippen LogP contribution is 2.43. The summed E-state index contributed by atoms with van der Waals surface area (Å²) >= 11 is 3.90. The Bertz CT molecular complexity index is 462. The van der Waals surface area contributed by atoms with E-state index < -0.39 is 6.10 Å². The fraction of sp³-hybridized carbons (Fsp3) is 0.625.